The number of rotatable bonds is 3. The first-order chi connectivity index (χ1) is 10.3. The molecule has 0 saturated carbocycles. The van der Waals surface area contributed by atoms with Crippen LogP contribution in [0.1, 0.15) is 10.7 Å². The number of hydrogen-bond acceptors (Lipinski definition) is 5. The number of fused-ring (bicyclic) bond motifs is 1. The first kappa shape index (κ1) is 13.3. The standard InChI is InChI=1S/C16H12N4S/c1-11-10-21-16(20-11)13(8-17)9-19-14-6-2-4-12-5-3-7-18-15(12)14/h2-7,9-10,19H,1H3/b13-9+. The van der Waals surface area contributed by atoms with Gasteiger partial charge in [-0.1, -0.05) is 18.2 Å². The van der Waals surface area contributed by atoms with E-state index in [1.54, 1.807) is 12.4 Å². The van der Waals surface area contributed by atoms with Crippen molar-refractivity contribution in [3.63, 3.8) is 0 Å². The third-order valence-corrected chi connectivity index (χ3v) is 3.97. The lowest BCUT2D eigenvalue weighted by molar-refractivity contribution is 1.24. The molecule has 102 valence electrons. The SMILES string of the molecule is Cc1csc(/C(C#N)=C/Nc2cccc3cccnc23)n1. The minimum atomic E-state index is 0.515. The summed E-state index contributed by atoms with van der Waals surface area (Å²) in [7, 11) is 0. The summed E-state index contributed by atoms with van der Waals surface area (Å²) < 4.78 is 0. The molecule has 1 N–H and O–H groups in total. The summed E-state index contributed by atoms with van der Waals surface area (Å²) >= 11 is 1.46. The second kappa shape index (κ2) is 5.73. The van der Waals surface area contributed by atoms with Crippen LogP contribution in [-0.4, -0.2) is 9.97 Å². The molecule has 3 rings (SSSR count). The molecule has 1 aromatic carbocycles. The smallest absolute Gasteiger partial charge is 0.135 e. The van der Waals surface area contributed by atoms with Crippen molar-refractivity contribution in [2.75, 3.05) is 5.32 Å². The fraction of sp³-hybridized carbons (Fsp3) is 0.0625. The van der Waals surface area contributed by atoms with Crippen LogP contribution < -0.4 is 5.32 Å². The van der Waals surface area contributed by atoms with Crippen molar-refractivity contribution in [2.24, 2.45) is 0 Å². The van der Waals surface area contributed by atoms with Crippen molar-refractivity contribution in [3.8, 4) is 6.07 Å². The van der Waals surface area contributed by atoms with Crippen molar-refractivity contribution in [1.82, 2.24) is 9.97 Å². The zero-order valence-corrected chi connectivity index (χ0v) is 12.2. The van der Waals surface area contributed by atoms with Crippen LogP contribution in [0.15, 0.2) is 48.1 Å². The van der Waals surface area contributed by atoms with Gasteiger partial charge in [-0.2, -0.15) is 5.26 Å². The summed E-state index contributed by atoms with van der Waals surface area (Å²) in [5.41, 5.74) is 3.18. The summed E-state index contributed by atoms with van der Waals surface area (Å²) in [5.74, 6) is 0. The fourth-order valence-corrected chi connectivity index (χ4v) is 2.75. The summed E-state index contributed by atoms with van der Waals surface area (Å²) in [6.45, 7) is 1.91. The molecule has 0 aliphatic heterocycles. The molecule has 0 unspecified atom stereocenters. The minimum absolute atomic E-state index is 0.515. The molecule has 0 saturated heterocycles. The van der Waals surface area contributed by atoms with Crippen LogP contribution in [0, 0.1) is 18.3 Å². The average molecular weight is 292 g/mol. The highest BCUT2D eigenvalue weighted by Crippen LogP contribution is 2.23. The third-order valence-electron chi connectivity index (χ3n) is 2.97. The number of para-hydroxylation sites is 1. The van der Waals surface area contributed by atoms with Crippen molar-refractivity contribution < 1.29 is 0 Å². The van der Waals surface area contributed by atoms with E-state index in [0.717, 1.165) is 27.3 Å². The molecular formula is C16H12N4S. The molecule has 0 radical (unpaired) electrons. The predicted molar refractivity (Wildman–Crippen MR) is 85.8 cm³/mol. The van der Waals surface area contributed by atoms with Gasteiger partial charge in [0.1, 0.15) is 16.6 Å². The molecule has 4 nitrogen and oxygen atoms in total. The van der Waals surface area contributed by atoms with Crippen molar-refractivity contribution in [1.29, 1.82) is 5.26 Å². The molecule has 0 fully saturated rings. The Balaban J connectivity index is 1.95. The van der Waals surface area contributed by atoms with E-state index in [-0.39, 0.29) is 0 Å². The normalized spacial score (nSPS) is 11.3. The Morgan fingerprint density at radius 2 is 2.19 bits per heavy atom. The zero-order chi connectivity index (χ0) is 14.7. The topological polar surface area (TPSA) is 61.6 Å². The van der Waals surface area contributed by atoms with Gasteiger partial charge < -0.3 is 5.32 Å². The molecule has 0 amide bonds. The van der Waals surface area contributed by atoms with Gasteiger partial charge in [0.2, 0.25) is 0 Å². The van der Waals surface area contributed by atoms with Crippen LogP contribution in [0.5, 0.6) is 0 Å². The van der Waals surface area contributed by atoms with Gasteiger partial charge in [-0.15, -0.1) is 11.3 Å². The highest BCUT2D eigenvalue weighted by atomic mass is 32.1. The molecule has 2 heterocycles. The maximum Gasteiger partial charge on any atom is 0.135 e. The first-order valence-electron chi connectivity index (χ1n) is 6.41. The molecule has 3 aromatic rings. The summed E-state index contributed by atoms with van der Waals surface area (Å²) in [6.07, 6.45) is 3.44. The van der Waals surface area contributed by atoms with Crippen LogP contribution in [-0.2, 0) is 0 Å². The Hall–Kier alpha value is -2.71. The summed E-state index contributed by atoms with van der Waals surface area (Å²) in [4.78, 5) is 8.70. The number of nitriles is 1. The van der Waals surface area contributed by atoms with E-state index in [1.165, 1.54) is 11.3 Å². The fourth-order valence-electron chi connectivity index (χ4n) is 1.99. The zero-order valence-electron chi connectivity index (χ0n) is 11.4. The number of thiazole rings is 1. The van der Waals surface area contributed by atoms with Crippen LogP contribution in [0.25, 0.3) is 16.5 Å². The lowest BCUT2D eigenvalue weighted by Crippen LogP contribution is -1.93. The van der Waals surface area contributed by atoms with Crippen LogP contribution in [0.3, 0.4) is 0 Å². The number of benzene rings is 1. The lowest BCUT2D eigenvalue weighted by Gasteiger charge is -2.05. The Labute approximate surface area is 126 Å². The predicted octanol–water partition coefficient (Wildman–Crippen LogP) is 3.98. The van der Waals surface area contributed by atoms with Gasteiger partial charge in [0, 0.05) is 28.9 Å². The van der Waals surface area contributed by atoms with Gasteiger partial charge >= 0.3 is 0 Å². The second-order valence-corrected chi connectivity index (χ2v) is 5.35. The van der Waals surface area contributed by atoms with Gasteiger partial charge in [0.25, 0.3) is 0 Å². The molecule has 0 aliphatic rings. The van der Waals surface area contributed by atoms with Crippen LogP contribution >= 0.6 is 11.3 Å². The molecular weight excluding hydrogens is 280 g/mol. The van der Waals surface area contributed by atoms with Gasteiger partial charge in [0.05, 0.1) is 11.2 Å². The lowest BCUT2D eigenvalue weighted by atomic mass is 10.2. The summed E-state index contributed by atoms with van der Waals surface area (Å²) in [6, 6.07) is 12.0. The monoisotopic (exact) mass is 292 g/mol. The molecule has 2 aromatic heterocycles. The number of anilines is 1. The first-order valence-corrected chi connectivity index (χ1v) is 7.29. The number of allylic oxidation sites excluding steroid dienone is 1. The van der Waals surface area contributed by atoms with E-state index < -0.39 is 0 Å². The number of aryl methyl sites for hydroxylation is 1. The number of aromatic nitrogens is 2. The van der Waals surface area contributed by atoms with E-state index in [2.05, 4.69) is 21.4 Å². The van der Waals surface area contributed by atoms with Gasteiger partial charge in [0.15, 0.2) is 0 Å². The Bertz CT molecular complexity index is 853. The summed E-state index contributed by atoms with van der Waals surface area (Å²) in [5, 5.41) is 16.1. The maximum atomic E-state index is 9.27. The molecule has 0 spiro atoms. The maximum absolute atomic E-state index is 9.27. The number of nitrogens with one attached hydrogen (secondary N) is 1. The van der Waals surface area contributed by atoms with Crippen LogP contribution in [0.2, 0.25) is 0 Å². The van der Waals surface area contributed by atoms with Crippen molar-refractivity contribution in [2.45, 2.75) is 6.92 Å². The highest BCUT2D eigenvalue weighted by molar-refractivity contribution is 7.10. The van der Waals surface area contributed by atoms with Crippen molar-refractivity contribution >= 4 is 33.5 Å². The van der Waals surface area contributed by atoms with E-state index in [0.29, 0.717) is 5.57 Å². The number of hydrogen-bond donors (Lipinski definition) is 1. The molecule has 0 aliphatic carbocycles. The molecule has 5 heteroatoms. The van der Waals surface area contributed by atoms with Crippen LogP contribution in [0.4, 0.5) is 5.69 Å². The Morgan fingerprint density at radius 3 is 2.95 bits per heavy atom. The quantitative estimate of drug-likeness (QED) is 0.742. The number of pyridine rings is 1. The van der Waals surface area contributed by atoms with Crippen molar-refractivity contribution in [3.05, 3.63) is 58.8 Å². The van der Waals surface area contributed by atoms with E-state index in [9.17, 15) is 5.26 Å². The number of nitrogens with zero attached hydrogens (tertiary/aromatic N) is 3. The highest BCUT2D eigenvalue weighted by Gasteiger charge is 2.06. The molecule has 0 bridgehead atoms. The van der Waals surface area contributed by atoms with Gasteiger partial charge in [-0.05, 0) is 19.1 Å². The molecule has 21 heavy (non-hydrogen) atoms. The third kappa shape index (κ3) is 2.76. The van der Waals surface area contributed by atoms with E-state index >= 15 is 0 Å². The average Bonchev–Trinajstić information content (AvgIpc) is 2.94. The van der Waals surface area contributed by atoms with Gasteiger partial charge in [-0.3, -0.25) is 4.98 Å². The Morgan fingerprint density at radius 1 is 1.33 bits per heavy atom. The van der Waals surface area contributed by atoms with E-state index in [1.807, 2.05) is 42.6 Å². The van der Waals surface area contributed by atoms with E-state index in [4.69, 9.17) is 0 Å². The molecule has 0 atom stereocenters. The Kier molecular flexibility index (Phi) is 3.63. The largest absolute Gasteiger partial charge is 0.359 e. The minimum Gasteiger partial charge on any atom is -0.359 e. The van der Waals surface area contributed by atoms with Gasteiger partial charge in [-0.25, -0.2) is 4.98 Å². The second-order valence-electron chi connectivity index (χ2n) is 4.49.